The van der Waals surface area contributed by atoms with Crippen molar-refractivity contribution in [3.05, 3.63) is 0 Å². The highest BCUT2D eigenvalue weighted by atomic mass is 16.5. The van der Waals surface area contributed by atoms with E-state index in [-0.39, 0.29) is 11.5 Å². The van der Waals surface area contributed by atoms with Gasteiger partial charge < -0.3 is 9.64 Å². The Balaban J connectivity index is 1.86. The third-order valence-corrected chi connectivity index (χ3v) is 3.99. The van der Waals surface area contributed by atoms with Crippen molar-refractivity contribution in [3.8, 4) is 12.3 Å². The van der Waals surface area contributed by atoms with E-state index in [1.54, 1.807) is 0 Å². The van der Waals surface area contributed by atoms with Crippen molar-refractivity contribution in [1.82, 2.24) is 9.80 Å². The quantitative estimate of drug-likeness (QED) is 0.697. The maximum Gasteiger partial charge on any atom is 0.225 e. The number of morpholine rings is 1. The van der Waals surface area contributed by atoms with Crippen molar-refractivity contribution >= 4 is 5.91 Å². The molecule has 2 heterocycles. The monoisotopic (exact) mass is 264 g/mol. The summed E-state index contributed by atoms with van der Waals surface area (Å²) < 4.78 is 5.66. The van der Waals surface area contributed by atoms with Crippen molar-refractivity contribution in [3.63, 3.8) is 0 Å². The number of terminal acetylenes is 1. The smallest absolute Gasteiger partial charge is 0.225 e. The Labute approximate surface area is 116 Å². The van der Waals surface area contributed by atoms with Gasteiger partial charge >= 0.3 is 0 Å². The molecule has 2 aliphatic heterocycles. The van der Waals surface area contributed by atoms with Gasteiger partial charge in [-0.2, -0.15) is 0 Å². The number of amides is 1. The Hall–Kier alpha value is -1.05. The minimum atomic E-state index is -0.210. The highest BCUT2D eigenvalue weighted by Crippen LogP contribution is 2.23. The maximum absolute atomic E-state index is 12.5. The third-order valence-electron chi connectivity index (χ3n) is 3.99. The number of carbonyl (C=O) groups is 1. The number of hydrogen-bond acceptors (Lipinski definition) is 3. The average Bonchev–Trinajstić information content (AvgIpc) is 2.38. The molecule has 0 aromatic carbocycles. The summed E-state index contributed by atoms with van der Waals surface area (Å²) in [5.74, 6) is 3.14. The fourth-order valence-electron chi connectivity index (χ4n) is 2.93. The molecule has 0 unspecified atom stereocenters. The molecule has 0 N–H and O–H groups in total. The first-order valence-electron chi connectivity index (χ1n) is 7.10. The van der Waals surface area contributed by atoms with Gasteiger partial charge in [0, 0.05) is 19.0 Å². The summed E-state index contributed by atoms with van der Waals surface area (Å²) in [5.41, 5.74) is -0.210. The SMILES string of the molecule is C#CCN1CCC(C(=O)N2CCOC(C)(C)C2)CC1. The molecule has 0 atom stereocenters. The Kier molecular flexibility index (Phi) is 4.49. The van der Waals surface area contributed by atoms with Crippen LogP contribution in [0.15, 0.2) is 0 Å². The molecule has 2 aliphatic rings. The number of likely N-dealkylation sites (tertiary alicyclic amines) is 1. The molecular formula is C15H24N2O2. The lowest BCUT2D eigenvalue weighted by molar-refractivity contribution is -0.151. The lowest BCUT2D eigenvalue weighted by Crippen LogP contribution is -2.53. The Bertz CT molecular complexity index is 365. The van der Waals surface area contributed by atoms with Crippen LogP contribution in [0.4, 0.5) is 0 Å². The molecule has 106 valence electrons. The van der Waals surface area contributed by atoms with Crippen LogP contribution < -0.4 is 0 Å². The molecule has 0 aromatic rings. The highest BCUT2D eigenvalue weighted by molar-refractivity contribution is 5.79. The van der Waals surface area contributed by atoms with Crippen molar-refractivity contribution in [2.45, 2.75) is 32.3 Å². The van der Waals surface area contributed by atoms with Crippen LogP contribution in [-0.4, -0.2) is 60.6 Å². The number of piperidine rings is 1. The largest absolute Gasteiger partial charge is 0.372 e. The van der Waals surface area contributed by atoms with E-state index >= 15 is 0 Å². The molecular weight excluding hydrogens is 240 g/mol. The van der Waals surface area contributed by atoms with E-state index in [4.69, 9.17) is 11.2 Å². The van der Waals surface area contributed by atoms with Crippen LogP contribution in [0.5, 0.6) is 0 Å². The van der Waals surface area contributed by atoms with Crippen LogP contribution >= 0.6 is 0 Å². The fraction of sp³-hybridized carbons (Fsp3) is 0.800. The average molecular weight is 264 g/mol. The van der Waals surface area contributed by atoms with Crippen LogP contribution in [0.25, 0.3) is 0 Å². The van der Waals surface area contributed by atoms with Gasteiger partial charge in [-0.15, -0.1) is 6.42 Å². The molecule has 0 spiro atoms. The zero-order valence-electron chi connectivity index (χ0n) is 12.0. The van der Waals surface area contributed by atoms with Gasteiger partial charge in [-0.25, -0.2) is 0 Å². The van der Waals surface area contributed by atoms with E-state index in [9.17, 15) is 4.79 Å². The molecule has 0 aliphatic carbocycles. The number of nitrogens with zero attached hydrogens (tertiary/aromatic N) is 2. The molecule has 0 radical (unpaired) electrons. The second-order valence-electron chi connectivity index (χ2n) is 6.12. The zero-order chi connectivity index (χ0) is 13.9. The van der Waals surface area contributed by atoms with Gasteiger partial charge in [0.25, 0.3) is 0 Å². The van der Waals surface area contributed by atoms with E-state index in [1.807, 2.05) is 18.7 Å². The van der Waals surface area contributed by atoms with Gasteiger partial charge in [-0.05, 0) is 39.8 Å². The van der Waals surface area contributed by atoms with Crippen molar-refractivity contribution in [2.24, 2.45) is 5.92 Å². The van der Waals surface area contributed by atoms with E-state index in [1.165, 1.54) is 0 Å². The van der Waals surface area contributed by atoms with E-state index in [0.717, 1.165) is 32.5 Å². The first-order valence-corrected chi connectivity index (χ1v) is 7.10. The molecule has 19 heavy (non-hydrogen) atoms. The Morgan fingerprint density at radius 2 is 2.05 bits per heavy atom. The summed E-state index contributed by atoms with van der Waals surface area (Å²) in [6.07, 6.45) is 7.18. The van der Waals surface area contributed by atoms with Crippen LogP contribution in [0.2, 0.25) is 0 Å². The third kappa shape index (κ3) is 3.71. The van der Waals surface area contributed by atoms with Gasteiger partial charge in [0.2, 0.25) is 5.91 Å². The predicted molar refractivity (Wildman–Crippen MR) is 74.6 cm³/mol. The molecule has 0 aromatic heterocycles. The van der Waals surface area contributed by atoms with Gasteiger partial charge in [0.05, 0.1) is 18.8 Å². The van der Waals surface area contributed by atoms with Gasteiger partial charge in [-0.1, -0.05) is 5.92 Å². The molecule has 2 saturated heterocycles. The summed E-state index contributed by atoms with van der Waals surface area (Å²) in [7, 11) is 0. The van der Waals surface area contributed by atoms with E-state index in [2.05, 4.69) is 10.8 Å². The maximum atomic E-state index is 12.5. The molecule has 2 rings (SSSR count). The molecule has 4 nitrogen and oxygen atoms in total. The molecule has 1 amide bonds. The van der Waals surface area contributed by atoms with Gasteiger partial charge in [0.15, 0.2) is 0 Å². The zero-order valence-corrected chi connectivity index (χ0v) is 12.0. The minimum absolute atomic E-state index is 0.169. The number of rotatable bonds is 2. The standard InChI is InChI=1S/C15H24N2O2/c1-4-7-16-8-5-13(6-9-16)14(18)17-10-11-19-15(2,3)12-17/h1,13H,5-12H2,2-3H3. The van der Waals surface area contributed by atoms with Crippen LogP contribution in [0.1, 0.15) is 26.7 Å². The second-order valence-corrected chi connectivity index (χ2v) is 6.12. The number of hydrogen-bond donors (Lipinski definition) is 0. The lowest BCUT2D eigenvalue weighted by Gasteiger charge is -2.40. The molecule has 0 bridgehead atoms. The highest BCUT2D eigenvalue weighted by Gasteiger charge is 2.34. The summed E-state index contributed by atoms with van der Waals surface area (Å²) in [4.78, 5) is 16.7. The molecule has 2 fully saturated rings. The first-order chi connectivity index (χ1) is 9.02. The van der Waals surface area contributed by atoms with Gasteiger partial charge in [0.1, 0.15) is 0 Å². The lowest BCUT2D eigenvalue weighted by atomic mass is 9.94. The van der Waals surface area contributed by atoms with Crippen LogP contribution in [-0.2, 0) is 9.53 Å². The van der Waals surface area contributed by atoms with Gasteiger partial charge in [-0.3, -0.25) is 9.69 Å². The first kappa shape index (κ1) is 14.4. The summed E-state index contributed by atoms with van der Waals surface area (Å²) in [6, 6.07) is 0. The second kappa shape index (κ2) is 5.94. The summed E-state index contributed by atoms with van der Waals surface area (Å²) in [5, 5.41) is 0. The minimum Gasteiger partial charge on any atom is -0.372 e. The van der Waals surface area contributed by atoms with Crippen molar-refractivity contribution in [1.29, 1.82) is 0 Å². The van der Waals surface area contributed by atoms with E-state index < -0.39 is 0 Å². The Morgan fingerprint density at radius 3 is 2.63 bits per heavy atom. The van der Waals surface area contributed by atoms with Crippen molar-refractivity contribution < 1.29 is 9.53 Å². The van der Waals surface area contributed by atoms with Crippen LogP contribution in [0.3, 0.4) is 0 Å². The Morgan fingerprint density at radius 1 is 1.37 bits per heavy atom. The predicted octanol–water partition coefficient (Wildman–Crippen LogP) is 0.969. The summed E-state index contributed by atoms with van der Waals surface area (Å²) in [6.45, 7) is 8.75. The molecule has 4 heteroatoms. The number of ether oxygens (including phenoxy) is 1. The van der Waals surface area contributed by atoms with Crippen molar-refractivity contribution in [2.75, 3.05) is 39.3 Å². The number of carbonyl (C=O) groups excluding carboxylic acids is 1. The topological polar surface area (TPSA) is 32.8 Å². The normalized spacial score (nSPS) is 25.0. The molecule has 0 saturated carbocycles. The summed E-state index contributed by atoms with van der Waals surface area (Å²) >= 11 is 0. The van der Waals surface area contributed by atoms with Crippen LogP contribution in [0, 0.1) is 18.3 Å². The van der Waals surface area contributed by atoms with E-state index in [0.29, 0.717) is 25.6 Å². The fourth-order valence-corrected chi connectivity index (χ4v) is 2.93.